The fourth-order valence-corrected chi connectivity index (χ4v) is 4.04. The molecule has 0 saturated heterocycles. The van der Waals surface area contributed by atoms with Crippen molar-refractivity contribution in [1.29, 1.82) is 0 Å². The first-order valence-electron chi connectivity index (χ1n) is 5.85. The molecule has 5 heteroatoms. The first-order chi connectivity index (χ1) is 8.10. The van der Waals surface area contributed by atoms with Crippen LogP contribution in [0.25, 0.3) is 0 Å². The van der Waals surface area contributed by atoms with Gasteiger partial charge in [0.15, 0.2) is 0 Å². The van der Waals surface area contributed by atoms with Crippen molar-refractivity contribution >= 4 is 35.3 Å². The van der Waals surface area contributed by atoms with Crippen molar-refractivity contribution in [3.05, 3.63) is 0 Å². The standard InChI is InChI=1S/C12H20O3S2/c1-8(13)15-11(12(16-2)17-3)9-6-4-5-7-10(9)14/h9,11-12H,4-7H2,1-3H3. The Hall–Kier alpha value is -0.160. The van der Waals surface area contributed by atoms with Crippen LogP contribution in [0, 0.1) is 5.92 Å². The first-order valence-corrected chi connectivity index (χ1v) is 8.43. The number of carbonyl (C=O) groups excluding carboxylic acids is 2. The molecule has 3 nitrogen and oxygen atoms in total. The Labute approximate surface area is 111 Å². The average molecular weight is 276 g/mol. The van der Waals surface area contributed by atoms with Crippen LogP contribution in [-0.2, 0) is 14.3 Å². The molecule has 0 N–H and O–H groups in total. The van der Waals surface area contributed by atoms with Crippen LogP contribution < -0.4 is 0 Å². The zero-order chi connectivity index (χ0) is 12.8. The summed E-state index contributed by atoms with van der Waals surface area (Å²) in [7, 11) is 0. The van der Waals surface area contributed by atoms with E-state index in [0.717, 1.165) is 19.3 Å². The Bertz CT molecular complexity index is 277. The van der Waals surface area contributed by atoms with Crippen LogP contribution in [0.1, 0.15) is 32.6 Å². The van der Waals surface area contributed by atoms with Crippen molar-refractivity contribution in [2.45, 2.75) is 43.3 Å². The van der Waals surface area contributed by atoms with Crippen LogP contribution in [0.3, 0.4) is 0 Å². The predicted octanol–water partition coefficient (Wildman–Crippen LogP) is 2.73. The van der Waals surface area contributed by atoms with Crippen LogP contribution in [0.15, 0.2) is 0 Å². The van der Waals surface area contributed by atoms with Crippen LogP contribution in [-0.4, -0.2) is 35.0 Å². The van der Waals surface area contributed by atoms with E-state index >= 15 is 0 Å². The lowest BCUT2D eigenvalue weighted by Crippen LogP contribution is -2.39. The van der Waals surface area contributed by atoms with E-state index < -0.39 is 0 Å². The maximum atomic E-state index is 11.9. The number of hydrogen-bond acceptors (Lipinski definition) is 5. The highest BCUT2D eigenvalue weighted by molar-refractivity contribution is 8.16. The molecule has 1 saturated carbocycles. The lowest BCUT2D eigenvalue weighted by atomic mass is 9.84. The van der Waals surface area contributed by atoms with Crippen molar-refractivity contribution in [3.8, 4) is 0 Å². The molecule has 1 rings (SSSR count). The molecule has 0 aliphatic heterocycles. The highest BCUT2D eigenvalue weighted by Crippen LogP contribution is 2.34. The van der Waals surface area contributed by atoms with Gasteiger partial charge in [-0.3, -0.25) is 9.59 Å². The lowest BCUT2D eigenvalue weighted by molar-refractivity contribution is -0.150. The van der Waals surface area contributed by atoms with Gasteiger partial charge in [-0.1, -0.05) is 6.42 Å². The van der Waals surface area contributed by atoms with E-state index in [4.69, 9.17) is 4.74 Å². The molecule has 1 aliphatic carbocycles. The maximum absolute atomic E-state index is 11.9. The number of ketones is 1. The molecule has 0 heterocycles. The third-order valence-corrected chi connectivity index (χ3v) is 5.65. The average Bonchev–Trinajstić information content (AvgIpc) is 2.29. The first kappa shape index (κ1) is 14.9. The topological polar surface area (TPSA) is 43.4 Å². The minimum absolute atomic E-state index is 0.0995. The molecular formula is C12H20O3S2. The van der Waals surface area contributed by atoms with E-state index in [-0.39, 0.29) is 28.4 Å². The number of rotatable bonds is 5. The zero-order valence-electron chi connectivity index (χ0n) is 10.6. The van der Waals surface area contributed by atoms with Gasteiger partial charge in [0, 0.05) is 13.3 Å². The Kier molecular flexibility index (Phi) is 6.41. The van der Waals surface area contributed by atoms with E-state index in [1.54, 1.807) is 23.5 Å². The van der Waals surface area contributed by atoms with Crippen LogP contribution >= 0.6 is 23.5 Å². The molecule has 0 aromatic rings. The molecule has 17 heavy (non-hydrogen) atoms. The number of thioether (sulfide) groups is 2. The normalized spacial score (nSPS) is 22.6. The van der Waals surface area contributed by atoms with Gasteiger partial charge in [0.2, 0.25) is 0 Å². The molecule has 98 valence electrons. The summed E-state index contributed by atoms with van der Waals surface area (Å²) >= 11 is 3.30. The highest BCUT2D eigenvalue weighted by atomic mass is 32.2. The summed E-state index contributed by atoms with van der Waals surface area (Å²) in [6, 6.07) is 0. The second-order valence-corrected chi connectivity index (χ2v) is 6.49. The fourth-order valence-electron chi connectivity index (χ4n) is 2.24. The summed E-state index contributed by atoms with van der Waals surface area (Å²) in [5.74, 6) is -0.130. The van der Waals surface area contributed by atoms with Gasteiger partial charge in [-0.2, -0.15) is 0 Å². The van der Waals surface area contributed by atoms with E-state index in [2.05, 4.69) is 0 Å². The van der Waals surface area contributed by atoms with Gasteiger partial charge in [0.05, 0.1) is 10.5 Å². The van der Waals surface area contributed by atoms with Crippen molar-refractivity contribution in [1.82, 2.24) is 0 Å². The summed E-state index contributed by atoms with van der Waals surface area (Å²) in [5.41, 5.74) is 0. The molecule has 0 aromatic carbocycles. The molecular weight excluding hydrogens is 256 g/mol. The number of carbonyl (C=O) groups is 2. The number of hydrogen-bond donors (Lipinski definition) is 0. The zero-order valence-corrected chi connectivity index (χ0v) is 12.2. The Morgan fingerprint density at radius 3 is 2.47 bits per heavy atom. The Balaban J connectivity index is 2.79. The Morgan fingerprint density at radius 1 is 1.35 bits per heavy atom. The van der Waals surface area contributed by atoms with Crippen molar-refractivity contribution in [2.75, 3.05) is 12.5 Å². The summed E-state index contributed by atoms with van der Waals surface area (Å²) in [6.45, 7) is 1.41. The highest BCUT2D eigenvalue weighted by Gasteiger charge is 2.37. The van der Waals surface area contributed by atoms with Crippen molar-refractivity contribution < 1.29 is 14.3 Å². The monoisotopic (exact) mass is 276 g/mol. The predicted molar refractivity (Wildman–Crippen MR) is 73.3 cm³/mol. The molecule has 0 radical (unpaired) electrons. The van der Waals surface area contributed by atoms with Gasteiger partial charge in [-0.15, -0.1) is 23.5 Å². The molecule has 1 aliphatic rings. The summed E-state index contributed by atoms with van der Waals surface area (Å²) < 4.78 is 5.55. The largest absolute Gasteiger partial charge is 0.460 e. The molecule has 0 bridgehead atoms. The van der Waals surface area contributed by atoms with Crippen LogP contribution in [0.4, 0.5) is 0 Å². The lowest BCUT2D eigenvalue weighted by Gasteiger charge is -2.32. The van der Waals surface area contributed by atoms with E-state index in [1.807, 2.05) is 12.5 Å². The molecule has 2 unspecified atom stereocenters. The fraction of sp³-hybridized carbons (Fsp3) is 0.833. The maximum Gasteiger partial charge on any atom is 0.302 e. The van der Waals surface area contributed by atoms with Crippen molar-refractivity contribution in [2.24, 2.45) is 5.92 Å². The summed E-state index contributed by atoms with van der Waals surface area (Å²) in [5, 5.41) is 0. The van der Waals surface area contributed by atoms with Gasteiger partial charge in [0.25, 0.3) is 0 Å². The molecule has 0 spiro atoms. The third-order valence-electron chi connectivity index (χ3n) is 3.03. The molecule has 2 atom stereocenters. The van der Waals surface area contributed by atoms with Gasteiger partial charge >= 0.3 is 5.97 Å². The van der Waals surface area contributed by atoms with Crippen molar-refractivity contribution in [3.63, 3.8) is 0 Å². The molecule has 1 fully saturated rings. The van der Waals surface area contributed by atoms with E-state index in [0.29, 0.717) is 6.42 Å². The summed E-state index contributed by atoms with van der Waals surface area (Å²) in [4.78, 5) is 23.1. The van der Waals surface area contributed by atoms with Gasteiger partial charge in [-0.25, -0.2) is 0 Å². The second kappa shape index (κ2) is 7.31. The second-order valence-electron chi connectivity index (χ2n) is 4.23. The molecule has 0 aromatic heterocycles. The van der Waals surface area contributed by atoms with Crippen LogP contribution in [0.5, 0.6) is 0 Å². The van der Waals surface area contributed by atoms with E-state index in [9.17, 15) is 9.59 Å². The van der Waals surface area contributed by atoms with Crippen LogP contribution in [0.2, 0.25) is 0 Å². The SMILES string of the molecule is CSC(SC)C(OC(C)=O)C1CCCCC1=O. The number of esters is 1. The minimum Gasteiger partial charge on any atom is -0.460 e. The van der Waals surface area contributed by atoms with Gasteiger partial charge in [-0.05, 0) is 25.4 Å². The molecule has 0 amide bonds. The quantitative estimate of drug-likeness (QED) is 0.570. The third kappa shape index (κ3) is 4.21. The van der Waals surface area contributed by atoms with E-state index in [1.165, 1.54) is 6.92 Å². The number of ether oxygens (including phenoxy) is 1. The summed E-state index contributed by atoms with van der Waals surface area (Å²) in [6.07, 6.45) is 7.24. The smallest absolute Gasteiger partial charge is 0.302 e. The Morgan fingerprint density at radius 2 is 2.00 bits per heavy atom. The van der Waals surface area contributed by atoms with Gasteiger partial charge < -0.3 is 4.74 Å². The minimum atomic E-state index is -0.290. The number of Topliss-reactive ketones (excluding diaryl/α,β-unsaturated/α-hetero) is 1. The van der Waals surface area contributed by atoms with Gasteiger partial charge in [0.1, 0.15) is 11.9 Å².